The second-order valence-electron chi connectivity index (χ2n) is 3.17. The number of rotatable bonds is 5. The minimum absolute atomic E-state index is 0.605. The molecule has 0 radical (unpaired) electrons. The molecule has 0 bridgehead atoms. The molecule has 2 aromatic rings. The molecule has 0 aromatic carbocycles. The summed E-state index contributed by atoms with van der Waals surface area (Å²) in [5.74, 6) is 0.893. The highest BCUT2D eigenvalue weighted by molar-refractivity contribution is 8.01. The van der Waals surface area contributed by atoms with E-state index in [1.54, 1.807) is 23.5 Å². The van der Waals surface area contributed by atoms with E-state index in [1.807, 2.05) is 22.7 Å². The fourth-order valence-corrected chi connectivity index (χ4v) is 4.96. The van der Waals surface area contributed by atoms with Crippen molar-refractivity contribution >= 4 is 46.2 Å². The van der Waals surface area contributed by atoms with Crippen LogP contribution >= 0.6 is 46.2 Å². The van der Waals surface area contributed by atoms with Crippen LogP contribution in [0.5, 0.6) is 0 Å². The molecule has 0 fully saturated rings. The molecule has 0 aliphatic rings. The lowest BCUT2D eigenvalue weighted by molar-refractivity contribution is 1.36. The summed E-state index contributed by atoms with van der Waals surface area (Å²) in [7, 11) is 0. The van der Waals surface area contributed by atoms with Gasteiger partial charge in [-0.3, -0.25) is 0 Å². The van der Waals surface area contributed by atoms with Crippen molar-refractivity contribution in [3.05, 3.63) is 35.7 Å². The molecule has 0 saturated heterocycles. The molecule has 88 valence electrons. The average molecular weight is 297 g/mol. The lowest BCUT2D eigenvalue weighted by atomic mass is 10.4. The van der Waals surface area contributed by atoms with Crippen LogP contribution in [0.2, 0.25) is 0 Å². The smallest absolute Gasteiger partial charge is 0.224 e. The highest BCUT2D eigenvalue weighted by Gasteiger charge is 2.06. The Balaban J connectivity index is 2.05. The molecule has 1 nitrogen and oxygen atoms in total. The van der Waals surface area contributed by atoms with E-state index in [4.69, 9.17) is 6.57 Å². The van der Waals surface area contributed by atoms with Crippen LogP contribution in [0.3, 0.4) is 0 Å². The zero-order chi connectivity index (χ0) is 12.1. The fourth-order valence-electron chi connectivity index (χ4n) is 1.28. The summed E-state index contributed by atoms with van der Waals surface area (Å²) in [5, 5.41) is 0. The van der Waals surface area contributed by atoms with Gasteiger partial charge in [0.25, 0.3) is 0 Å². The van der Waals surface area contributed by atoms with E-state index >= 15 is 0 Å². The van der Waals surface area contributed by atoms with Crippen molar-refractivity contribution < 1.29 is 0 Å². The van der Waals surface area contributed by atoms with Crippen molar-refractivity contribution in [1.82, 2.24) is 0 Å². The normalized spacial score (nSPS) is 10.4. The van der Waals surface area contributed by atoms with Crippen molar-refractivity contribution in [3.63, 3.8) is 0 Å². The Morgan fingerprint density at radius 2 is 1.76 bits per heavy atom. The Hall–Kier alpha value is -0.410. The average Bonchev–Trinajstić information content (AvgIpc) is 2.97. The van der Waals surface area contributed by atoms with E-state index < -0.39 is 0 Å². The molecule has 0 amide bonds. The van der Waals surface area contributed by atoms with Crippen molar-refractivity contribution in [2.75, 3.05) is 18.6 Å². The quantitative estimate of drug-likeness (QED) is 0.424. The molecule has 2 heterocycles. The van der Waals surface area contributed by atoms with Gasteiger partial charge in [-0.05, 0) is 30.5 Å². The number of thiophene rings is 2. The highest BCUT2D eigenvalue weighted by atomic mass is 32.2. The van der Waals surface area contributed by atoms with Crippen LogP contribution in [0.15, 0.2) is 32.7 Å². The summed E-state index contributed by atoms with van der Waals surface area (Å²) < 4.78 is 2.67. The molecule has 0 aliphatic carbocycles. The lowest BCUT2D eigenvalue weighted by Crippen LogP contribution is -1.78. The maximum absolute atomic E-state index is 6.75. The minimum atomic E-state index is 0.605. The maximum Gasteiger partial charge on any atom is 0.224 e. The molecule has 0 N–H and O–H groups in total. The molecule has 17 heavy (non-hydrogen) atoms. The van der Waals surface area contributed by atoms with Crippen LogP contribution in [-0.4, -0.2) is 18.6 Å². The Morgan fingerprint density at radius 3 is 2.35 bits per heavy atom. The zero-order valence-corrected chi connectivity index (χ0v) is 12.6. The maximum atomic E-state index is 6.75. The molecule has 0 saturated carbocycles. The Bertz CT molecular complexity index is 521. The van der Waals surface area contributed by atoms with Gasteiger partial charge in [-0.25, -0.2) is 6.57 Å². The summed E-state index contributed by atoms with van der Waals surface area (Å²) in [4.78, 5) is 6.04. The number of hydrogen-bond donors (Lipinski definition) is 0. The summed E-state index contributed by atoms with van der Waals surface area (Å²) in [6.07, 6.45) is 2.11. The standard InChI is InChI=1S/C12H11NS4/c1-13-7-8-15-12-6-4-10(17-12)9-3-5-11(14-2)16-9/h3-6H,7-8H2,2H3. The first-order valence-corrected chi connectivity index (χ1v) is 8.88. The molecule has 0 unspecified atom stereocenters. The van der Waals surface area contributed by atoms with E-state index in [9.17, 15) is 0 Å². The van der Waals surface area contributed by atoms with Crippen LogP contribution in [0.4, 0.5) is 0 Å². The second kappa shape index (κ2) is 6.50. The molecule has 5 heteroatoms. The van der Waals surface area contributed by atoms with Crippen LogP contribution in [0, 0.1) is 6.57 Å². The van der Waals surface area contributed by atoms with E-state index in [1.165, 1.54) is 18.2 Å². The summed E-state index contributed by atoms with van der Waals surface area (Å²) in [6.45, 7) is 7.35. The minimum Gasteiger partial charge on any atom is -0.316 e. The first-order chi connectivity index (χ1) is 8.33. The molecular formula is C12H11NS4. The predicted molar refractivity (Wildman–Crippen MR) is 81.6 cm³/mol. The van der Waals surface area contributed by atoms with Gasteiger partial charge < -0.3 is 4.85 Å². The zero-order valence-electron chi connectivity index (χ0n) is 9.30. The van der Waals surface area contributed by atoms with Crippen LogP contribution in [-0.2, 0) is 0 Å². The monoisotopic (exact) mass is 297 g/mol. The van der Waals surface area contributed by atoms with Crippen LogP contribution < -0.4 is 0 Å². The number of hydrogen-bond acceptors (Lipinski definition) is 4. The Kier molecular flexibility index (Phi) is 4.99. The molecule has 0 aliphatic heterocycles. The van der Waals surface area contributed by atoms with Gasteiger partial charge in [-0.1, -0.05) is 0 Å². The largest absolute Gasteiger partial charge is 0.316 e. The SMILES string of the molecule is [C-]#[N+]CCSc1ccc(-c2ccc(SC)s2)s1. The summed E-state index contributed by atoms with van der Waals surface area (Å²) in [6, 6.07) is 8.71. The van der Waals surface area contributed by atoms with E-state index in [2.05, 4.69) is 35.4 Å². The highest BCUT2D eigenvalue weighted by Crippen LogP contribution is 2.39. The first kappa shape index (κ1) is 13.0. The van der Waals surface area contributed by atoms with Gasteiger partial charge in [0.15, 0.2) is 0 Å². The van der Waals surface area contributed by atoms with E-state index in [-0.39, 0.29) is 0 Å². The molecule has 2 aromatic heterocycles. The van der Waals surface area contributed by atoms with Crippen molar-refractivity contribution in [2.45, 2.75) is 8.42 Å². The van der Waals surface area contributed by atoms with Crippen molar-refractivity contribution in [3.8, 4) is 9.75 Å². The topological polar surface area (TPSA) is 4.36 Å². The van der Waals surface area contributed by atoms with Gasteiger partial charge in [0.1, 0.15) is 0 Å². The molecular weight excluding hydrogens is 286 g/mol. The van der Waals surface area contributed by atoms with E-state index in [0.29, 0.717) is 6.54 Å². The number of nitrogens with zero attached hydrogens (tertiary/aromatic N) is 1. The van der Waals surface area contributed by atoms with Gasteiger partial charge in [0.2, 0.25) is 6.54 Å². The third-order valence-corrected chi connectivity index (χ3v) is 6.71. The van der Waals surface area contributed by atoms with Gasteiger partial charge in [-0.2, -0.15) is 0 Å². The Labute approximate surface area is 118 Å². The molecule has 2 rings (SSSR count). The van der Waals surface area contributed by atoms with Gasteiger partial charge in [0.05, 0.1) is 14.2 Å². The van der Waals surface area contributed by atoms with Crippen molar-refractivity contribution in [1.29, 1.82) is 0 Å². The van der Waals surface area contributed by atoms with E-state index in [0.717, 1.165) is 5.75 Å². The van der Waals surface area contributed by atoms with Crippen molar-refractivity contribution in [2.24, 2.45) is 0 Å². The second-order valence-corrected chi connectivity index (χ2v) is 7.84. The van der Waals surface area contributed by atoms with Gasteiger partial charge in [0, 0.05) is 9.75 Å². The van der Waals surface area contributed by atoms with Gasteiger partial charge in [-0.15, -0.1) is 46.2 Å². The fraction of sp³-hybridized carbons (Fsp3) is 0.250. The molecule has 0 spiro atoms. The third kappa shape index (κ3) is 3.52. The first-order valence-electron chi connectivity index (χ1n) is 5.03. The number of thioether (sulfide) groups is 2. The third-order valence-electron chi connectivity index (χ3n) is 2.05. The molecule has 0 atom stereocenters. The summed E-state index contributed by atoms with van der Waals surface area (Å²) >= 11 is 7.23. The van der Waals surface area contributed by atoms with Crippen LogP contribution in [0.1, 0.15) is 0 Å². The van der Waals surface area contributed by atoms with Crippen LogP contribution in [0.25, 0.3) is 14.6 Å². The Morgan fingerprint density at radius 1 is 1.12 bits per heavy atom. The summed E-state index contributed by atoms with van der Waals surface area (Å²) in [5.41, 5.74) is 0. The van der Waals surface area contributed by atoms with Gasteiger partial charge >= 0.3 is 0 Å². The predicted octanol–water partition coefficient (Wildman–Crippen LogP) is 5.21. The lowest BCUT2D eigenvalue weighted by Gasteiger charge is -1.91.